The van der Waals surface area contributed by atoms with Gasteiger partial charge in [0.25, 0.3) is 0 Å². The second-order valence-corrected chi connectivity index (χ2v) is 4.43. The molecule has 0 saturated carbocycles. The third-order valence-corrected chi connectivity index (χ3v) is 2.77. The highest BCUT2D eigenvalue weighted by molar-refractivity contribution is 5.92. The highest BCUT2D eigenvalue weighted by atomic mass is 16.5. The third kappa shape index (κ3) is 4.02. The van der Waals surface area contributed by atoms with Gasteiger partial charge < -0.3 is 15.8 Å². The Morgan fingerprint density at radius 3 is 2.65 bits per heavy atom. The first-order valence-electron chi connectivity index (χ1n) is 6.54. The summed E-state index contributed by atoms with van der Waals surface area (Å²) in [6.45, 7) is 2.52. The van der Waals surface area contributed by atoms with Gasteiger partial charge in [-0.2, -0.15) is 0 Å². The Bertz CT molecular complexity index is 579. The van der Waals surface area contributed by atoms with Gasteiger partial charge in [-0.05, 0) is 36.8 Å². The highest BCUT2D eigenvalue weighted by Crippen LogP contribution is 2.17. The quantitative estimate of drug-likeness (QED) is 0.821. The summed E-state index contributed by atoms with van der Waals surface area (Å²) in [6.07, 6.45) is 0.319. The van der Waals surface area contributed by atoms with E-state index in [9.17, 15) is 4.79 Å². The number of anilines is 2. The molecule has 0 unspecified atom stereocenters. The molecule has 0 saturated heterocycles. The maximum Gasteiger partial charge on any atom is 0.228 e. The number of carbonyl (C=O) groups is 1. The number of rotatable bonds is 5. The van der Waals surface area contributed by atoms with Crippen LogP contribution in [-0.2, 0) is 11.2 Å². The Morgan fingerprint density at radius 2 is 1.95 bits per heavy atom. The van der Waals surface area contributed by atoms with Gasteiger partial charge >= 0.3 is 0 Å². The molecule has 104 valence electrons. The summed E-state index contributed by atoms with van der Waals surface area (Å²) in [4.78, 5) is 12.0. The van der Waals surface area contributed by atoms with Gasteiger partial charge in [0.2, 0.25) is 5.91 Å². The average Bonchev–Trinajstić information content (AvgIpc) is 2.42. The van der Waals surface area contributed by atoms with Crippen LogP contribution in [0.4, 0.5) is 11.4 Å². The van der Waals surface area contributed by atoms with Crippen LogP contribution in [0, 0.1) is 0 Å². The molecule has 0 bridgehead atoms. The number of nitrogens with one attached hydrogen (secondary N) is 1. The van der Waals surface area contributed by atoms with Crippen molar-refractivity contribution >= 4 is 17.3 Å². The lowest BCUT2D eigenvalue weighted by molar-refractivity contribution is -0.115. The van der Waals surface area contributed by atoms with Crippen molar-refractivity contribution in [1.82, 2.24) is 0 Å². The van der Waals surface area contributed by atoms with Gasteiger partial charge in [0.1, 0.15) is 5.75 Å². The van der Waals surface area contributed by atoms with Crippen molar-refractivity contribution in [2.24, 2.45) is 0 Å². The molecule has 0 aromatic heterocycles. The zero-order valence-corrected chi connectivity index (χ0v) is 11.4. The van der Waals surface area contributed by atoms with Gasteiger partial charge in [0, 0.05) is 17.4 Å². The van der Waals surface area contributed by atoms with E-state index in [2.05, 4.69) is 5.32 Å². The van der Waals surface area contributed by atoms with E-state index in [1.54, 1.807) is 12.1 Å². The van der Waals surface area contributed by atoms with E-state index < -0.39 is 0 Å². The SMILES string of the molecule is CCOc1cccc(NC(=O)Cc2ccc(N)cc2)c1. The van der Waals surface area contributed by atoms with Crippen molar-refractivity contribution in [1.29, 1.82) is 0 Å². The van der Waals surface area contributed by atoms with E-state index in [1.165, 1.54) is 0 Å². The molecule has 3 N–H and O–H groups in total. The van der Waals surface area contributed by atoms with E-state index in [0.717, 1.165) is 17.0 Å². The molecule has 0 radical (unpaired) electrons. The normalized spacial score (nSPS) is 10.1. The van der Waals surface area contributed by atoms with E-state index in [4.69, 9.17) is 10.5 Å². The Balaban J connectivity index is 1.97. The molecule has 2 aromatic carbocycles. The average molecular weight is 270 g/mol. The fourth-order valence-electron chi connectivity index (χ4n) is 1.86. The maximum atomic E-state index is 12.0. The fourth-order valence-corrected chi connectivity index (χ4v) is 1.86. The van der Waals surface area contributed by atoms with E-state index in [0.29, 0.717) is 18.7 Å². The highest BCUT2D eigenvalue weighted by Gasteiger charge is 2.05. The molecular weight excluding hydrogens is 252 g/mol. The van der Waals surface area contributed by atoms with Crippen LogP contribution in [-0.4, -0.2) is 12.5 Å². The summed E-state index contributed by atoms with van der Waals surface area (Å²) in [7, 11) is 0. The number of nitrogen functional groups attached to an aromatic ring is 1. The molecule has 4 nitrogen and oxygen atoms in total. The van der Waals surface area contributed by atoms with E-state index in [-0.39, 0.29) is 5.91 Å². The number of benzene rings is 2. The number of amides is 1. The molecule has 1 amide bonds. The molecule has 0 aliphatic carbocycles. The molecule has 20 heavy (non-hydrogen) atoms. The van der Waals surface area contributed by atoms with Crippen molar-refractivity contribution in [3.8, 4) is 5.75 Å². The summed E-state index contributed by atoms with van der Waals surface area (Å²) in [5, 5.41) is 2.85. The Hall–Kier alpha value is -2.49. The van der Waals surface area contributed by atoms with Crippen LogP contribution in [0.15, 0.2) is 48.5 Å². The van der Waals surface area contributed by atoms with Crippen LogP contribution >= 0.6 is 0 Å². The number of hydrogen-bond donors (Lipinski definition) is 2. The van der Waals surface area contributed by atoms with Gasteiger partial charge in [-0.3, -0.25) is 4.79 Å². The minimum atomic E-state index is -0.0663. The summed E-state index contributed by atoms with van der Waals surface area (Å²) in [5.41, 5.74) is 7.97. The largest absolute Gasteiger partial charge is 0.494 e. The minimum Gasteiger partial charge on any atom is -0.494 e. The Labute approximate surface area is 118 Å². The Morgan fingerprint density at radius 1 is 1.20 bits per heavy atom. The lowest BCUT2D eigenvalue weighted by Crippen LogP contribution is -2.14. The second kappa shape index (κ2) is 6.61. The van der Waals surface area contributed by atoms with Crippen LogP contribution < -0.4 is 15.8 Å². The van der Waals surface area contributed by atoms with Gasteiger partial charge in [0.05, 0.1) is 13.0 Å². The molecule has 0 atom stereocenters. The third-order valence-electron chi connectivity index (χ3n) is 2.77. The zero-order chi connectivity index (χ0) is 14.4. The van der Waals surface area contributed by atoms with Crippen LogP contribution in [0.3, 0.4) is 0 Å². The molecule has 0 aliphatic rings. The smallest absolute Gasteiger partial charge is 0.228 e. The van der Waals surface area contributed by atoms with Gasteiger partial charge in [-0.25, -0.2) is 0 Å². The van der Waals surface area contributed by atoms with Gasteiger partial charge in [0.15, 0.2) is 0 Å². The first-order valence-corrected chi connectivity index (χ1v) is 6.54. The van der Waals surface area contributed by atoms with E-state index in [1.807, 2.05) is 43.3 Å². The van der Waals surface area contributed by atoms with Crippen molar-refractivity contribution < 1.29 is 9.53 Å². The van der Waals surface area contributed by atoms with Crippen LogP contribution in [0.25, 0.3) is 0 Å². The van der Waals surface area contributed by atoms with Crippen LogP contribution in [0.1, 0.15) is 12.5 Å². The molecule has 0 aliphatic heterocycles. The molecule has 0 heterocycles. The topological polar surface area (TPSA) is 64.3 Å². The van der Waals surface area contributed by atoms with Crippen molar-refractivity contribution in [2.45, 2.75) is 13.3 Å². The number of nitrogens with two attached hydrogens (primary N) is 1. The fraction of sp³-hybridized carbons (Fsp3) is 0.188. The lowest BCUT2D eigenvalue weighted by Gasteiger charge is -2.08. The van der Waals surface area contributed by atoms with Gasteiger partial charge in [-0.15, -0.1) is 0 Å². The van der Waals surface area contributed by atoms with Gasteiger partial charge in [-0.1, -0.05) is 18.2 Å². The van der Waals surface area contributed by atoms with Crippen LogP contribution in [0.2, 0.25) is 0 Å². The minimum absolute atomic E-state index is 0.0663. The standard InChI is InChI=1S/C16H18N2O2/c1-2-20-15-5-3-4-14(11-15)18-16(19)10-12-6-8-13(17)9-7-12/h3-9,11H,2,10,17H2,1H3,(H,18,19). The van der Waals surface area contributed by atoms with Crippen molar-refractivity contribution in [3.63, 3.8) is 0 Å². The summed E-state index contributed by atoms with van der Waals surface area (Å²) >= 11 is 0. The molecule has 2 aromatic rings. The predicted molar refractivity (Wildman–Crippen MR) is 80.8 cm³/mol. The predicted octanol–water partition coefficient (Wildman–Crippen LogP) is 2.85. The molecule has 0 fully saturated rings. The van der Waals surface area contributed by atoms with Crippen LogP contribution in [0.5, 0.6) is 5.75 Å². The lowest BCUT2D eigenvalue weighted by atomic mass is 10.1. The zero-order valence-electron chi connectivity index (χ0n) is 11.4. The number of ether oxygens (including phenoxy) is 1. The molecule has 0 spiro atoms. The first kappa shape index (κ1) is 13.9. The summed E-state index contributed by atoms with van der Waals surface area (Å²) in [6, 6.07) is 14.6. The maximum absolute atomic E-state index is 12.0. The number of carbonyl (C=O) groups excluding carboxylic acids is 1. The summed E-state index contributed by atoms with van der Waals surface area (Å²) in [5.74, 6) is 0.682. The second-order valence-electron chi connectivity index (χ2n) is 4.43. The number of hydrogen-bond acceptors (Lipinski definition) is 3. The van der Waals surface area contributed by atoms with E-state index >= 15 is 0 Å². The molecular formula is C16H18N2O2. The van der Waals surface area contributed by atoms with Crippen molar-refractivity contribution in [2.75, 3.05) is 17.7 Å². The molecule has 4 heteroatoms. The Kier molecular flexibility index (Phi) is 4.60. The monoisotopic (exact) mass is 270 g/mol. The first-order chi connectivity index (χ1) is 9.67. The molecule has 2 rings (SSSR count). The van der Waals surface area contributed by atoms with Crippen molar-refractivity contribution in [3.05, 3.63) is 54.1 Å². The summed E-state index contributed by atoms with van der Waals surface area (Å²) < 4.78 is 5.39.